The zero-order valence-electron chi connectivity index (χ0n) is 7.54. The summed E-state index contributed by atoms with van der Waals surface area (Å²) >= 11 is 11.5. The summed E-state index contributed by atoms with van der Waals surface area (Å²) < 4.78 is 5.62. The summed E-state index contributed by atoms with van der Waals surface area (Å²) in [4.78, 5) is 7.69. The second-order valence-electron chi connectivity index (χ2n) is 3.32. The second kappa shape index (κ2) is 4.32. The summed E-state index contributed by atoms with van der Waals surface area (Å²) in [5.74, 6) is 0.401. The predicted molar refractivity (Wildman–Crippen MR) is 54.9 cm³/mol. The van der Waals surface area contributed by atoms with E-state index in [2.05, 4.69) is 9.97 Å². The standard InChI is InChI=1S/C9H10Cl2N2O/c10-7-5-12-9(11)13-8(7)14-6-3-1-2-4-6/h5-6H,1-4H2. The summed E-state index contributed by atoms with van der Waals surface area (Å²) in [5.41, 5.74) is 0. The fraction of sp³-hybridized carbons (Fsp3) is 0.556. The number of hydrogen-bond acceptors (Lipinski definition) is 3. The first-order chi connectivity index (χ1) is 6.75. The van der Waals surface area contributed by atoms with Crippen LogP contribution in [0.5, 0.6) is 5.88 Å². The minimum absolute atomic E-state index is 0.169. The zero-order chi connectivity index (χ0) is 9.97. The Morgan fingerprint density at radius 1 is 1.29 bits per heavy atom. The van der Waals surface area contributed by atoms with Crippen molar-refractivity contribution < 1.29 is 4.74 Å². The summed E-state index contributed by atoms with van der Waals surface area (Å²) in [5, 5.41) is 0.587. The molecule has 1 aliphatic carbocycles. The van der Waals surface area contributed by atoms with Crippen LogP contribution in [0.3, 0.4) is 0 Å². The van der Waals surface area contributed by atoms with E-state index in [-0.39, 0.29) is 11.4 Å². The van der Waals surface area contributed by atoms with Gasteiger partial charge in [-0.1, -0.05) is 11.6 Å². The van der Waals surface area contributed by atoms with Gasteiger partial charge in [-0.3, -0.25) is 0 Å². The van der Waals surface area contributed by atoms with Crippen LogP contribution in [0.15, 0.2) is 6.20 Å². The van der Waals surface area contributed by atoms with Gasteiger partial charge in [0.05, 0.1) is 6.20 Å². The molecule has 0 amide bonds. The second-order valence-corrected chi connectivity index (χ2v) is 4.06. The van der Waals surface area contributed by atoms with Gasteiger partial charge in [0.2, 0.25) is 11.2 Å². The van der Waals surface area contributed by atoms with Gasteiger partial charge in [-0.05, 0) is 37.3 Å². The van der Waals surface area contributed by atoms with E-state index in [9.17, 15) is 0 Å². The molecule has 0 N–H and O–H groups in total. The average Bonchev–Trinajstić information content (AvgIpc) is 2.64. The first-order valence-electron chi connectivity index (χ1n) is 4.60. The van der Waals surface area contributed by atoms with Crippen LogP contribution in [0, 0.1) is 0 Å². The molecule has 1 saturated carbocycles. The van der Waals surface area contributed by atoms with E-state index in [1.54, 1.807) is 0 Å². The van der Waals surface area contributed by atoms with Crippen molar-refractivity contribution in [1.82, 2.24) is 9.97 Å². The van der Waals surface area contributed by atoms with Gasteiger partial charge in [0.25, 0.3) is 0 Å². The van der Waals surface area contributed by atoms with Crippen LogP contribution in [0.4, 0.5) is 0 Å². The molecule has 5 heteroatoms. The number of nitrogens with zero attached hydrogens (tertiary/aromatic N) is 2. The van der Waals surface area contributed by atoms with Gasteiger partial charge in [0.1, 0.15) is 11.1 Å². The molecule has 0 aromatic carbocycles. The molecule has 0 atom stereocenters. The molecule has 14 heavy (non-hydrogen) atoms. The molecular formula is C9H10Cl2N2O. The van der Waals surface area contributed by atoms with Gasteiger partial charge >= 0.3 is 0 Å². The van der Waals surface area contributed by atoms with Gasteiger partial charge in [0, 0.05) is 0 Å². The quantitative estimate of drug-likeness (QED) is 0.736. The SMILES string of the molecule is Clc1ncc(Cl)c(OC2CCCC2)n1. The molecule has 2 rings (SSSR count). The number of ether oxygens (including phenoxy) is 1. The Balaban J connectivity index is 2.10. The Bertz CT molecular complexity index is 327. The van der Waals surface area contributed by atoms with Crippen LogP contribution in [0.25, 0.3) is 0 Å². The van der Waals surface area contributed by atoms with Crippen molar-refractivity contribution in [1.29, 1.82) is 0 Å². The minimum atomic E-state index is 0.169. The molecule has 0 saturated heterocycles. The van der Waals surface area contributed by atoms with Crippen LogP contribution >= 0.6 is 23.2 Å². The summed E-state index contributed by atoms with van der Waals surface area (Å²) in [7, 11) is 0. The van der Waals surface area contributed by atoms with Gasteiger partial charge in [-0.25, -0.2) is 4.98 Å². The molecule has 0 bridgehead atoms. The van der Waals surface area contributed by atoms with Crippen LogP contribution in [0.1, 0.15) is 25.7 Å². The fourth-order valence-corrected chi connectivity index (χ4v) is 1.84. The highest BCUT2D eigenvalue weighted by atomic mass is 35.5. The minimum Gasteiger partial charge on any atom is -0.473 e. The van der Waals surface area contributed by atoms with Crippen molar-refractivity contribution in [3.63, 3.8) is 0 Å². The highest BCUT2D eigenvalue weighted by molar-refractivity contribution is 6.32. The average molecular weight is 233 g/mol. The molecule has 0 unspecified atom stereocenters. The van der Waals surface area contributed by atoms with E-state index in [0.717, 1.165) is 12.8 Å². The van der Waals surface area contributed by atoms with Gasteiger partial charge in [-0.15, -0.1) is 0 Å². The van der Waals surface area contributed by atoms with Crippen molar-refractivity contribution in [2.24, 2.45) is 0 Å². The lowest BCUT2D eigenvalue weighted by Gasteiger charge is -2.12. The molecule has 1 fully saturated rings. The molecule has 0 aliphatic heterocycles. The third-order valence-corrected chi connectivity index (χ3v) is 2.70. The molecule has 1 aromatic rings. The maximum atomic E-state index is 5.87. The highest BCUT2D eigenvalue weighted by Crippen LogP contribution is 2.27. The monoisotopic (exact) mass is 232 g/mol. The van der Waals surface area contributed by atoms with Crippen molar-refractivity contribution in [3.8, 4) is 5.88 Å². The van der Waals surface area contributed by atoms with E-state index in [1.165, 1.54) is 19.0 Å². The van der Waals surface area contributed by atoms with E-state index >= 15 is 0 Å². The van der Waals surface area contributed by atoms with Crippen molar-refractivity contribution in [3.05, 3.63) is 16.5 Å². The summed E-state index contributed by atoms with van der Waals surface area (Å²) in [6, 6.07) is 0. The number of hydrogen-bond donors (Lipinski definition) is 0. The summed E-state index contributed by atoms with van der Waals surface area (Å²) in [6.45, 7) is 0. The molecular weight excluding hydrogens is 223 g/mol. The van der Waals surface area contributed by atoms with Crippen LogP contribution in [0.2, 0.25) is 10.3 Å². The lowest BCUT2D eigenvalue weighted by atomic mass is 10.3. The maximum absolute atomic E-state index is 5.87. The predicted octanol–water partition coefficient (Wildman–Crippen LogP) is 3.10. The molecule has 1 aliphatic rings. The third-order valence-electron chi connectivity index (χ3n) is 2.26. The van der Waals surface area contributed by atoms with Gasteiger partial charge in [0.15, 0.2) is 0 Å². The van der Waals surface area contributed by atoms with Crippen LogP contribution < -0.4 is 4.74 Å². The maximum Gasteiger partial charge on any atom is 0.237 e. The molecule has 1 heterocycles. The number of halogens is 2. The van der Waals surface area contributed by atoms with E-state index in [0.29, 0.717) is 10.9 Å². The Morgan fingerprint density at radius 2 is 2.00 bits per heavy atom. The van der Waals surface area contributed by atoms with Crippen LogP contribution in [-0.4, -0.2) is 16.1 Å². The van der Waals surface area contributed by atoms with E-state index < -0.39 is 0 Å². The first-order valence-corrected chi connectivity index (χ1v) is 5.36. The Hall–Kier alpha value is -0.540. The van der Waals surface area contributed by atoms with Crippen LogP contribution in [-0.2, 0) is 0 Å². The lowest BCUT2D eigenvalue weighted by molar-refractivity contribution is 0.201. The number of aromatic nitrogens is 2. The molecule has 3 nitrogen and oxygen atoms in total. The molecule has 1 aromatic heterocycles. The van der Waals surface area contributed by atoms with Gasteiger partial charge in [-0.2, -0.15) is 4.98 Å². The Labute approximate surface area is 92.4 Å². The normalized spacial score (nSPS) is 17.3. The first kappa shape index (κ1) is 9.99. The Kier molecular flexibility index (Phi) is 3.08. The van der Waals surface area contributed by atoms with E-state index in [1.807, 2.05) is 0 Å². The summed E-state index contributed by atoms with van der Waals surface area (Å²) in [6.07, 6.45) is 6.25. The highest BCUT2D eigenvalue weighted by Gasteiger charge is 2.18. The van der Waals surface area contributed by atoms with Gasteiger partial charge < -0.3 is 4.74 Å². The molecule has 0 radical (unpaired) electrons. The van der Waals surface area contributed by atoms with Crippen molar-refractivity contribution in [2.75, 3.05) is 0 Å². The topological polar surface area (TPSA) is 35.0 Å². The third kappa shape index (κ3) is 2.28. The van der Waals surface area contributed by atoms with E-state index in [4.69, 9.17) is 27.9 Å². The molecule has 0 spiro atoms. The lowest BCUT2D eigenvalue weighted by Crippen LogP contribution is -2.12. The number of rotatable bonds is 2. The smallest absolute Gasteiger partial charge is 0.237 e. The zero-order valence-corrected chi connectivity index (χ0v) is 9.05. The Morgan fingerprint density at radius 3 is 2.71 bits per heavy atom. The largest absolute Gasteiger partial charge is 0.473 e. The van der Waals surface area contributed by atoms with Crippen molar-refractivity contribution >= 4 is 23.2 Å². The van der Waals surface area contributed by atoms with Crippen molar-refractivity contribution in [2.45, 2.75) is 31.8 Å². The molecule has 76 valence electrons. The fourth-order valence-electron chi connectivity index (χ4n) is 1.58.